The average molecular weight is 442 g/mol. The van der Waals surface area contributed by atoms with E-state index in [2.05, 4.69) is 27.5 Å². The quantitative estimate of drug-likeness (QED) is 0.445. The van der Waals surface area contributed by atoms with Crippen molar-refractivity contribution in [3.8, 4) is 11.1 Å². The summed E-state index contributed by atoms with van der Waals surface area (Å²) in [5, 5.41) is 4.83. The molecule has 0 aromatic heterocycles. The first-order chi connectivity index (χ1) is 16.1. The summed E-state index contributed by atoms with van der Waals surface area (Å²) in [4.78, 5) is 36.7. The number of hydrogen-bond donors (Lipinski definition) is 2. The van der Waals surface area contributed by atoms with Crippen molar-refractivity contribution in [3.63, 3.8) is 0 Å². The molecule has 4 rings (SSSR count). The van der Waals surface area contributed by atoms with Gasteiger partial charge in [0.05, 0.1) is 7.11 Å². The molecule has 166 valence electrons. The minimum Gasteiger partial charge on any atom is -0.464 e. The molecule has 33 heavy (non-hydrogen) atoms. The molecule has 0 fully saturated rings. The van der Waals surface area contributed by atoms with Crippen LogP contribution in [-0.4, -0.2) is 31.7 Å². The maximum absolute atomic E-state index is 12.4. The number of benzene rings is 3. The van der Waals surface area contributed by atoms with Gasteiger partial charge in [-0.05, 0) is 34.4 Å². The molecule has 0 radical (unpaired) electrons. The third-order valence-electron chi connectivity index (χ3n) is 5.37. The van der Waals surface area contributed by atoms with Crippen molar-refractivity contribution in [2.45, 2.75) is 5.92 Å². The molecule has 2 amide bonds. The lowest BCUT2D eigenvalue weighted by atomic mass is 9.98. The summed E-state index contributed by atoms with van der Waals surface area (Å²) in [5.74, 6) is -1.41. The molecule has 1 aliphatic rings. The predicted octanol–water partition coefficient (Wildman–Crippen LogP) is 3.97. The number of rotatable bonds is 6. The van der Waals surface area contributed by atoms with Crippen LogP contribution in [0.25, 0.3) is 11.1 Å². The molecule has 3 aromatic carbocycles. The van der Waals surface area contributed by atoms with E-state index in [1.54, 1.807) is 30.3 Å². The predicted molar refractivity (Wildman–Crippen MR) is 122 cm³/mol. The zero-order valence-electron chi connectivity index (χ0n) is 17.9. The van der Waals surface area contributed by atoms with Crippen LogP contribution in [0.3, 0.4) is 0 Å². The number of carbonyl (C=O) groups is 3. The summed E-state index contributed by atoms with van der Waals surface area (Å²) >= 11 is 0. The summed E-state index contributed by atoms with van der Waals surface area (Å²) in [6, 6.07) is 24.4. The molecule has 7 heteroatoms. The Bertz CT molecular complexity index is 1170. The fourth-order valence-corrected chi connectivity index (χ4v) is 3.81. The van der Waals surface area contributed by atoms with Gasteiger partial charge in [0, 0.05) is 17.7 Å². The molecule has 0 unspecified atom stereocenters. The van der Waals surface area contributed by atoms with Gasteiger partial charge in [-0.1, -0.05) is 66.7 Å². The monoisotopic (exact) mass is 442 g/mol. The van der Waals surface area contributed by atoms with Crippen LogP contribution in [0.5, 0.6) is 0 Å². The summed E-state index contributed by atoms with van der Waals surface area (Å²) in [7, 11) is 1.18. The molecule has 2 N–H and O–H groups in total. The van der Waals surface area contributed by atoms with E-state index in [1.165, 1.54) is 7.11 Å². The van der Waals surface area contributed by atoms with Crippen LogP contribution in [0.4, 0.5) is 4.79 Å². The minimum absolute atomic E-state index is 0.0926. The number of amides is 2. The number of nitrogens with one attached hydrogen (secondary N) is 2. The van der Waals surface area contributed by atoms with Crippen molar-refractivity contribution < 1.29 is 23.9 Å². The lowest BCUT2D eigenvalue weighted by Gasteiger charge is -2.14. The van der Waals surface area contributed by atoms with Gasteiger partial charge in [0.1, 0.15) is 12.3 Å². The number of alkyl carbamates (subject to hydrolysis) is 1. The van der Waals surface area contributed by atoms with Gasteiger partial charge in [-0.25, -0.2) is 9.59 Å². The maximum Gasteiger partial charge on any atom is 0.411 e. The Morgan fingerprint density at radius 3 is 2.03 bits per heavy atom. The number of hydrogen-bond acceptors (Lipinski definition) is 5. The van der Waals surface area contributed by atoms with Gasteiger partial charge in [0.2, 0.25) is 0 Å². The summed E-state index contributed by atoms with van der Waals surface area (Å²) in [5.41, 5.74) is 4.56. The Hall–Kier alpha value is -4.39. The Labute approximate surface area is 191 Å². The highest BCUT2D eigenvalue weighted by atomic mass is 16.5. The Balaban J connectivity index is 1.42. The molecule has 0 bridgehead atoms. The first kappa shape index (κ1) is 21.8. The first-order valence-electron chi connectivity index (χ1n) is 10.3. The SMILES string of the molecule is COC(=O)/C(=C\NC(=O)OCC1c2ccccc2-c2ccccc21)NC(=O)c1ccccc1. The van der Waals surface area contributed by atoms with Gasteiger partial charge < -0.3 is 14.8 Å². The van der Waals surface area contributed by atoms with Gasteiger partial charge >= 0.3 is 12.1 Å². The van der Waals surface area contributed by atoms with Crippen LogP contribution in [0.2, 0.25) is 0 Å². The van der Waals surface area contributed by atoms with E-state index in [9.17, 15) is 14.4 Å². The molecule has 1 aliphatic carbocycles. The highest BCUT2D eigenvalue weighted by Gasteiger charge is 2.29. The maximum atomic E-state index is 12.4. The Kier molecular flexibility index (Phi) is 6.50. The molecular weight excluding hydrogens is 420 g/mol. The van der Waals surface area contributed by atoms with Gasteiger partial charge in [-0.15, -0.1) is 0 Å². The average Bonchev–Trinajstić information content (AvgIpc) is 3.18. The van der Waals surface area contributed by atoms with E-state index in [0.717, 1.165) is 28.5 Å². The van der Waals surface area contributed by atoms with Crippen molar-refractivity contribution in [2.75, 3.05) is 13.7 Å². The molecule has 0 saturated carbocycles. The van der Waals surface area contributed by atoms with E-state index < -0.39 is 18.0 Å². The van der Waals surface area contributed by atoms with Crippen LogP contribution in [-0.2, 0) is 14.3 Å². The van der Waals surface area contributed by atoms with Crippen molar-refractivity contribution in [3.05, 3.63) is 107 Å². The van der Waals surface area contributed by atoms with Crippen LogP contribution >= 0.6 is 0 Å². The van der Waals surface area contributed by atoms with E-state index in [4.69, 9.17) is 4.74 Å². The fourth-order valence-electron chi connectivity index (χ4n) is 3.81. The van der Waals surface area contributed by atoms with Crippen LogP contribution < -0.4 is 10.6 Å². The molecule has 0 atom stereocenters. The van der Waals surface area contributed by atoms with Gasteiger partial charge in [0.25, 0.3) is 5.91 Å². The van der Waals surface area contributed by atoms with Gasteiger partial charge in [-0.2, -0.15) is 0 Å². The zero-order chi connectivity index (χ0) is 23.2. The summed E-state index contributed by atoms with van der Waals surface area (Å²) in [6.07, 6.45) is 0.304. The van der Waals surface area contributed by atoms with E-state index in [1.807, 2.05) is 36.4 Å². The lowest BCUT2D eigenvalue weighted by molar-refractivity contribution is -0.136. The molecule has 0 spiro atoms. The standard InChI is InChI=1S/C26H22N2O5/c1-32-25(30)23(28-24(29)17-9-3-2-4-10-17)15-27-26(31)33-16-22-20-13-7-5-11-18(20)19-12-6-8-14-21(19)22/h2-15,22H,16H2,1H3,(H,27,31)(H,28,29)/b23-15+. The van der Waals surface area contributed by atoms with Crippen molar-refractivity contribution in [1.82, 2.24) is 10.6 Å². The Morgan fingerprint density at radius 2 is 1.42 bits per heavy atom. The number of carbonyl (C=O) groups excluding carboxylic acids is 3. The van der Waals surface area contributed by atoms with Crippen LogP contribution in [0.1, 0.15) is 27.4 Å². The molecule has 0 heterocycles. The third-order valence-corrected chi connectivity index (χ3v) is 5.37. The van der Waals surface area contributed by atoms with Crippen LogP contribution in [0.15, 0.2) is 90.8 Å². The Morgan fingerprint density at radius 1 is 0.848 bits per heavy atom. The normalized spacial score (nSPS) is 12.3. The number of methoxy groups -OCH3 is 1. The molecule has 3 aromatic rings. The van der Waals surface area contributed by atoms with Gasteiger partial charge in [0.15, 0.2) is 0 Å². The fraction of sp³-hybridized carbons (Fsp3) is 0.115. The highest BCUT2D eigenvalue weighted by Crippen LogP contribution is 2.44. The summed E-state index contributed by atoms with van der Waals surface area (Å²) in [6.45, 7) is 0.123. The number of fused-ring (bicyclic) bond motifs is 3. The second-order valence-corrected chi connectivity index (χ2v) is 7.34. The molecule has 7 nitrogen and oxygen atoms in total. The highest BCUT2D eigenvalue weighted by molar-refractivity contribution is 6.01. The second-order valence-electron chi connectivity index (χ2n) is 7.34. The number of esters is 1. The third kappa shape index (κ3) is 4.77. The van der Waals surface area contributed by atoms with Crippen LogP contribution in [0, 0.1) is 0 Å². The van der Waals surface area contributed by atoms with Crippen molar-refractivity contribution in [2.24, 2.45) is 0 Å². The molecule has 0 saturated heterocycles. The van der Waals surface area contributed by atoms with Crippen molar-refractivity contribution >= 4 is 18.0 Å². The van der Waals surface area contributed by atoms with E-state index in [0.29, 0.717) is 5.56 Å². The first-order valence-corrected chi connectivity index (χ1v) is 10.3. The lowest BCUT2D eigenvalue weighted by Crippen LogP contribution is -2.31. The van der Waals surface area contributed by atoms with E-state index >= 15 is 0 Å². The zero-order valence-corrected chi connectivity index (χ0v) is 17.9. The smallest absolute Gasteiger partial charge is 0.411 e. The van der Waals surface area contributed by atoms with Gasteiger partial charge in [-0.3, -0.25) is 10.1 Å². The van der Waals surface area contributed by atoms with E-state index in [-0.39, 0.29) is 18.2 Å². The number of ether oxygens (including phenoxy) is 2. The second kappa shape index (κ2) is 9.82. The van der Waals surface area contributed by atoms with Crippen molar-refractivity contribution in [1.29, 1.82) is 0 Å². The summed E-state index contributed by atoms with van der Waals surface area (Å²) < 4.78 is 10.1. The molecular formula is C26H22N2O5. The largest absolute Gasteiger partial charge is 0.464 e. The molecule has 0 aliphatic heterocycles. The minimum atomic E-state index is -0.807. The topological polar surface area (TPSA) is 93.7 Å².